The molecular formula is C11H16N2O4S. The molecule has 0 saturated carbocycles. The van der Waals surface area contributed by atoms with Crippen LogP contribution in [0.2, 0.25) is 0 Å². The molecule has 0 radical (unpaired) electrons. The third-order valence-electron chi connectivity index (χ3n) is 2.23. The molecule has 0 fully saturated rings. The molecule has 1 aromatic rings. The fraction of sp³-hybridized carbons (Fsp3) is 0.364. The summed E-state index contributed by atoms with van der Waals surface area (Å²) in [4.78, 5) is 11.1. The molecule has 3 N–H and O–H groups in total. The average Bonchev–Trinajstić information content (AvgIpc) is 2.29. The van der Waals surface area contributed by atoms with E-state index in [0.29, 0.717) is 6.42 Å². The second kappa shape index (κ2) is 6.48. The van der Waals surface area contributed by atoms with Crippen molar-refractivity contribution in [1.29, 1.82) is 0 Å². The van der Waals surface area contributed by atoms with Crippen molar-refractivity contribution in [1.82, 2.24) is 5.32 Å². The number of hydrogen-bond donors (Lipinski definition) is 2. The van der Waals surface area contributed by atoms with Gasteiger partial charge in [-0.2, -0.15) is 0 Å². The van der Waals surface area contributed by atoms with E-state index < -0.39 is 10.0 Å². The van der Waals surface area contributed by atoms with E-state index in [-0.39, 0.29) is 24.0 Å². The Morgan fingerprint density at radius 1 is 1.33 bits per heavy atom. The molecule has 0 bridgehead atoms. The van der Waals surface area contributed by atoms with Gasteiger partial charge in [0.15, 0.2) is 0 Å². The Labute approximate surface area is 106 Å². The second-order valence-electron chi connectivity index (χ2n) is 3.69. The molecule has 6 nitrogen and oxygen atoms in total. The summed E-state index contributed by atoms with van der Waals surface area (Å²) in [6.45, 7) is 0.430. The molecule has 0 unspecified atom stereocenters. The van der Waals surface area contributed by atoms with Crippen molar-refractivity contribution in [2.75, 3.05) is 20.2 Å². The Morgan fingerprint density at radius 3 is 2.44 bits per heavy atom. The van der Waals surface area contributed by atoms with Gasteiger partial charge < -0.3 is 10.1 Å². The number of carbonyl (C=O) groups is 1. The normalized spacial score (nSPS) is 11.2. The molecule has 0 saturated heterocycles. The van der Waals surface area contributed by atoms with E-state index >= 15 is 0 Å². The summed E-state index contributed by atoms with van der Waals surface area (Å²) in [5.74, 6) is -0.321. The van der Waals surface area contributed by atoms with Crippen LogP contribution in [0.15, 0.2) is 29.2 Å². The molecular weight excluding hydrogens is 256 g/mol. The summed E-state index contributed by atoms with van der Waals surface area (Å²) in [6, 6.07) is 6.15. The third-order valence-corrected chi connectivity index (χ3v) is 3.16. The SMILES string of the molecule is CNCC(=O)OCCc1ccc(S(N)(=O)=O)cc1. The van der Waals surface area contributed by atoms with Crippen molar-refractivity contribution < 1.29 is 17.9 Å². The first-order valence-electron chi connectivity index (χ1n) is 5.35. The van der Waals surface area contributed by atoms with E-state index in [1.807, 2.05) is 0 Å². The van der Waals surface area contributed by atoms with Crippen LogP contribution in [0, 0.1) is 0 Å². The van der Waals surface area contributed by atoms with E-state index in [2.05, 4.69) is 5.32 Å². The van der Waals surface area contributed by atoms with Crippen molar-refractivity contribution in [3.63, 3.8) is 0 Å². The monoisotopic (exact) mass is 272 g/mol. The average molecular weight is 272 g/mol. The van der Waals surface area contributed by atoms with Gasteiger partial charge in [0.1, 0.15) is 0 Å². The fourth-order valence-corrected chi connectivity index (χ4v) is 1.84. The highest BCUT2D eigenvalue weighted by molar-refractivity contribution is 7.89. The number of likely N-dealkylation sites (N-methyl/N-ethyl adjacent to an activating group) is 1. The van der Waals surface area contributed by atoms with Crippen LogP contribution in [0.3, 0.4) is 0 Å². The molecule has 0 spiro atoms. The van der Waals surface area contributed by atoms with Gasteiger partial charge in [-0.3, -0.25) is 4.79 Å². The number of benzene rings is 1. The highest BCUT2D eigenvalue weighted by atomic mass is 32.2. The molecule has 7 heteroatoms. The predicted molar refractivity (Wildman–Crippen MR) is 66.4 cm³/mol. The molecule has 0 amide bonds. The first-order valence-corrected chi connectivity index (χ1v) is 6.90. The first kappa shape index (κ1) is 14.6. The number of nitrogens with one attached hydrogen (secondary N) is 1. The van der Waals surface area contributed by atoms with Crippen LogP contribution in [0.25, 0.3) is 0 Å². The Bertz CT molecular complexity index is 496. The lowest BCUT2D eigenvalue weighted by Gasteiger charge is -2.05. The molecule has 18 heavy (non-hydrogen) atoms. The van der Waals surface area contributed by atoms with E-state index in [1.165, 1.54) is 12.1 Å². The minimum Gasteiger partial charge on any atom is -0.464 e. The van der Waals surface area contributed by atoms with Crippen molar-refractivity contribution in [2.45, 2.75) is 11.3 Å². The van der Waals surface area contributed by atoms with Crippen molar-refractivity contribution >= 4 is 16.0 Å². The third kappa shape index (κ3) is 4.82. The first-order chi connectivity index (χ1) is 8.43. The summed E-state index contributed by atoms with van der Waals surface area (Å²) in [6.07, 6.45) is 0.528. The Morgan fingerprint density at radius 2 is 1.94 bits per heavy atom. The van der Waals surface area contributed by atoms with Gasteiger partial charge in [0.05, 0.1) is 18.0 Å². The Kier molecular flexibility index (Phi) is 5.26. The van der Waals surface area contributed by atoms with Crippen molar-refractivity contribution in [3.05, 3.63) is 29.8 Å². The Hall–Kier alpha value is -1.44. The van der Waals surface area contributed by atoms with Gasteiger partial charge in [0, 0.05) is 6.42 Å². The van der Waals surface area contributed by atoms with Gasteiger partial charge in [0.2, 0.25) is 10.0 Å². The maximum atomic E-state index is 11.0. The van der Waals surface area contributed by atoms with Crippen molar-refractivity contribution in [3.8, 4) is 0 Å². The van der Waals surface area contributed by atoms with Gasteiger partial charge >= 0.3 is 5.97 Å². The Balaban J connectivity index is 2.47. The van der Waals surface area contributed by atoms with E-state index in [1.54, 1.807) is 19.2 Å². The predicted octanol–water partition coefficient (Wildman–Crippen LogP) is -0.361. The number of primary sulfonamides is 1. The summed E-state index contributed by atoms with van der Waals surface area (Å²) < 4.78 is 27.0. The smallest absolute Gasteiger partial charge is 0.319 e. The fourth-order valence-electron chi connectivity index (χ4n) is 1.32. The van der Waals surface area contributed by atoms with Crippen LogP contribution in [-0.2, 0) is 26.0 Å². The van der Waals surface area contributed by atoms with Crippen LogP contribution < -0.4 is 10.5 Å². The lowest BCUT2D eigenvalue weighted by molar-refractivity contribution is -0.142. The zero-order valence-electron chi connectivity index (χ0n) is 10.0. The van der Waals surface area contributed by atoms with Crippen LogP contribution in [-0.4, -0.2) is 34.6 Å². The lowest BCUT2D eigenvalue weighted by Crippen LogP contribution is -2.21. The molecule has 0 heterocycles. The van der Waals surface area contributed by atoms with Gasteiger partial charge in [-0.25, -0.2) is 13.6 Å². The molecule has 1 rings (SSSR count). The summed E-state index contributed by atoms with van der Waals surface area (Å²) in [5.41, 5.74) is 0.875. The minimum absolute atomic E-state index is 0.0680. The number of sulfonamides is 1. The molecule has 100 valence electrons. The topological polar surface area (TPSA) is 98.5 Å². The quantitative estimate of drug-likeness (QED) is 0.689. The largest absolute Gasteiger partial charge is 0.464 e. The van der Waals surface area contributed by atoms with Gasteiger partial charge in [0.25, 0.3) is 0 Å². The molecule has 0 aliphatic heterocycles. The second-order valence-corrected chi connectivity index (χ2v) is 5.25. The highest BCUT2D eigenvalue weighted by Gasteiger charge is 2.07. The van der Waals surface area contributed by atoms with Gasteiger partial charge in [-0.15, -0.1) is 0 Å². The highest BCUT2D eigenvalue weighted by Crippen LogP contribution is 2.09. The molecule has 0 aliphatic carbocycles. The van der Waals surface area contributed by atoms with Crippen molar-refractivity contribution in [2.24, 2.45) is 5.14 Å². The molecule has 0 aliphatic rings. The summed E-state index contributed by atoms with van der Waals surface area (Å²) in [5, 5.41) is 7.66. The van der Waals surface area contributed by atoms with E-state index in [0.717, 1.165) is 5.56 Å². The van der Waals surface area contributed by atoms with Crippen LogP contribution in [0.5, 0.6) is 0 Å². The van der Waals surface area contributed by atoms with Gasteiger partial charge in [-0.1, -0.05) is 12.1 Å². The summed E-state index contributed by atoms with van der Waals surface area (Å²) >= 11 is 0. The zero-order chi connectivity index (χ0) is 13.6. The van der Waals surface area contributed by atoms with Gasteiger partial charge in [-0.05, 0) is 24.7 Å². The van der Waals surface area contributed by atoms with E-state index in [4.69, 9.17) is 9.88 Å². The number of hydrogen-bond acceptors (Lipinski definition) is 5. The standard InChI is InChI=1S/C11H16N2O4S/c1-13-8-11(14)17-7-6-9-2-4-10(5-3-9)18(12,15)16/h2-5,13H,6-8H2,1H3,(H2,12,15,16). The number of carbonyl (C=O) groups excluding carboxylic acids is 1. The molecule has 1 aromatic carbocycles. The zero-order valence-corrected chi connectivity index (χ0v) is 10.9. The van der Waals surface area contributed by atoms with Crippen LogP contribution in [0.1, 0.15) is 5.56 Å². The maximum absolute atomic E-state index is 11.0. The maximum Gasteiger partial charge on any atom is 0.319 e. The minimum atomic E-state index is -3.65. The number of rotatable bonds is 6. The van der Waals surface area contributed by atoms with E-state index in [9.17, 15) is 13.2 Å². The lowest BCUT2D eigenvalue weighted by atomic mass is 10.2. The van der Waals surface area contributed by atoms with Crippen LogP contribution in [0.4, 0.5) is 0 Å². The number of nitrogens with two attached hydrogens (primary N) is 1. The number of esters is 1. The summed E-state index contributed by atoms with van der Waals surface area (Å²) in [7, 11) is -1.99. The van der Waals surface area contributed by atoms with Crippen LogP contribution >= 0.6 is 0 Å². The molecule has 0 atom stereocenters. The number of ether oxygens (including phenoxy) is 1. The molecule has 0 aromatic heterocycles.